The minimum atomic E-state index is 0.611. The molecule has 0 radical (unpaired) electrons. The molecule has 0 heterocycles. The van der Waals surface area contributed by atoms with Gasteiger partial charge < -0.3 is 11.1 Å². The van der Waals surface area contributed by atoms with E-state index in [4.69, 9.17) is 5.73 Å². The average molecular weight is 218 g/mol. The third-order valence-corrected chi connectivity index (χ3v) is 3.67. The highest BCUT2D eigenvalue weighted by Crippen LogP contribution is 2.29. The number of para-hydroxylation sites is 1. The summed E-state index contributed by atoms with van der Waals surface area (Å²) in [4.78, 5) is 0. The third-order valence-electron chi connectivity index (χ3n) is 3.67. The fourth-order valence-corrected chi connectivity index (χ4v) is 2.50. The van der Waals surface area contributed by atoms with Crippen molar-refractivity contribution in [3.8, 4) is 0 Å². The first-order chi connectivity index (χ1) is 7.66. The Kier molecular flexibility index (Phi) is 3.37. The van der Waals surface area contributed by atoms with E-state index in [0.717, 1.165) is 17.3 Å². The van der Waals surface area contributed by atoms with Gasteiger partial charge in [-0.2, -0.15) is 0 Å². The molecule has 1 aliphatic rings. The van der Waals surface area contributed by atoms with Gasteiger partial charge in [0.15, 0.2) is 0 Å². The number of aryl methyl sites for hydroxylation is 1. The maximum Gasteiger partial charge on any atom is 0.0605 e. The summed E-state index contributed by atoms with van der Waals surface area (Å²) in [6.45, 7) is 4.46. The number of benzene rings is 1. The van der Waals surface area contributed by atoms with E-state index in [9.17, 15) is 0 Å². The largest absolute Gasteiger partial charge is 0.397 e. The van der Waals surface area contributed by atoms with Crippen LogP contribution in [0.1, 0.15) is 38.2 Å². The lowest BCUT2D eigenvalue weighted by atomic mass is 9.87. The van der Waals surface area contributed by atoms with Crippen LogP contribution in [0.4, 0.5) is 11.4 Å². The zero-order valence-electron chi connectivity index (χ0n) is 10.3. The summed E-state index contributed by atoms with van der Waals surface area (Å²) in [7, 11) is 0. The van der Waals surface area contributed by atoms with Crippen molar-refractivity contribution in [1.29, 1.82) is 0 Å². The van der Waals surface area contributed by atoms with Crippen molar-refractivity contribution in [2.24, 2.45) is 5.92 Å². The normalized spacial score (nSPS) is 25.4. The molecular formula is C14H22N2. The van der Waals surface area contributed by atoms with Crippen molar-refractivity contribution in [3.63, 3.8) is 0 Å². The van der Waals surface area contributed by atoms with E-state index >= 15 is 0 Å². The van der Waals surface area contributed by atoms with Crippen molar-refractivity contribution in [1.82, 2.24) is 0 Å². The van der Waals surface area contributed by atoms with Crippen molar-refractivity contribution in [2.75, 3.05) is 11.1 Å². The summed E-state index contributed by atoms with van der Waals surface area (Å²) in [6.07, 6.45) is 5.22. The fraction of sp³-hybridized carbons (Fsp3) is 0.571. The smallest absolute Gasteiger partial charge is 0.0605 e. The van der Waals surface area contributed by atoms with Crippen LogP contribution in [0.25, 0.3) is 0 Å². The topological polar surface area (TPSA) is 38.0 Å². The summed E-state index contributed by atoms with van der Waals surface area (Å²) in [5.74, 6) is 0.896. The number of hydrogen-bond acceptors (Lipinski definition) is 2. The van der Waals surface area contributed by atoms with E-state index < -0.39 is 0 Å². The SMILES string of the molecule is Cc1cccc(N)c1NC1CCC(C)CC1. The quantitative estimate of drug-likeness (QED) is 0.745. The lowest BCUT2D eigenvalue weighted by molar-refractivity contribution is 0.361. The molecule has 0 bridgehead atoms. The van der Waals surface area contributed by atoms with Gasteiger partial charge in [-0.1, -0.05) is 19.1 Å². The minimum absolute atomic E-state index is 0.611. The number of anilines is 2. The van der Waals surface area contributed by atoms with Crippen LogP contribution in [0, 0.1) is 12.8 Å². The molecule has 0 aromatic heterocycles. The summed E-state index contributed by atoms with van der Waals surface area (Å²) in [6, 6.07) is 6.71. The second-order valence-electron chi connectivity index (χ2n) is 5.14. The van der Waals surface area contributed by atoms with Gasteiger partial charge >= 0.3 is 0 Å². The van der Waals surface area contributed by atoms with E-state index in [1.54, 1.807) is 0 Å². The van der Waals surface area contributed by atoms with Crippen LogP contribution in [-0.2, 0) is 0 Å². The highest BCUT2D eigenvalue weighted by atomic mass is 14.9. The number of nitrogen functional groups attached to an aromatic ring is 1. The number of hydrogen-bond donors (Lipinski definition) is 2. The number of nitrogens with two attached hydrogens (primary N) is 1. The van der Waals surface area contributed by atoms with Gasteiger partial charge in [-0.15, -0.1) is 0 Å². The summed E-state index contributed by atoms with van der Waals surface area (Å²) < 4.78 is 0. The first-order valence-electron chi connectivity index (χ1n) is 6.28. The van der Waals surface area contributed by atoms with Crippen LogP contribution in [0.5, 0.6) is 0 Å². The second-order valence-corrected chi connectivity index (χ2v) is 5.14. The lowest BCUT2D eigenvalue weighted by Crippen LogP contribution is -2.26. The van der Waals surface area contributed by atoms with Crippen molar-refractivity contribution < 1.29 is 0 Å². The van der Waals surface area contributed by atoms with Crippen LogP contribution >= 0.6 is 0 Å². The molecule has 16 heavy (non-hydrogen) atoms. The standard InChI is InChI=1S/C14H22N2/c1-10-6-8-12(9-7-10)16-14-11(2)4-3-5-13(14)15/h3-5,10,12,16H,6-9,15H2,1-2H3. The Bertz CT molecular complexity index is 332. The highest BCUT2D eigenvalue weighted by Gasteiger charge is 2.18. The molecule has 0 saturated heterocycles. The Morgan fingerprint density at radius 2 is 1.88 bits per heavy atom. The van der Waals surface area contributed by atoms with Gasteiger partial charge in [-0.3, -0.25) is 0 Å². The first-order valence-corrected chi connectivity index (χ1v) is 6.28. The van der Waals surface area contributed by atoms with E-state index in [0.29, 0.717) is 6.04 Å². The molecule has 88 valence electrons. The van der Waals surface area contributed by atoms with Gasteiger partial charge in [0.1, 0.15) is 0 Å². The maximum atomic E-state index is 6.00. The monoisotopic (exact) mass is 218 g/mol. The van der Waals surface area contributed by atoms with E-state index in [1.807, 2.05) is 12.1 Å². The Hall–Kier alpha value is -1.18. The zero-order chi connectivity index (χ0) is 11.5. The molecule has 0 amide bonds. The maximum absolute atomic E-state index is 6.00. The highest BCUT2D eigenvalue weighted by molar-refractivity contribution is 5.70. The summed E-state index contributed by atoms with van der Waals surface area (Å²) in [5, 5.41) is 3.61. The van der Waals surface area contributed by atoms with Crippen molar-refractivity contribution in [2.45, 2.75) is 45.6 Å². The van der Waals surface area contributed by atoms with Crippen molar-refractivity contribution >= 4 is 11.4 Å². The molecule has 1 aromatic carbocycles. The van der Waals surface area contributed by atoms with Crippen LogP contribution in [0.15, 0.2) is 18.2 Å². The first kappa shape index (κ1) is 11.3. The molecular weight excluding hydrogens is 196 g/mol. The molecule has 1 fully saturated rings. The van der Waals surface area contributed by atoms with E-state index in [-0.39, 0.29) is 0 Å². The second kappa shape index (κ2) is 4.77. The minimum Gasteiger partial charge on any atom is -0.397 e. The Labute approximate surface area is 98.2 Å². The Morgan fingerprint density at radius 3 is 2.50 bits per heavy atom. The average Bonchev–Trinajstić information content (AvgIpc) is 2.26. The van der Waals surface area contributed by atoms with Gasteiger partial charge in [0.05, 0.1) is 11.4 Å². The molecule has 1 saturated carbocycles. The third kappa shape index (κ3) is 2.49. The summed E-state index contributed by atoms with van der Waals surface area (Å²) in [5.41, 5.74) is 9.27. The predicted molar refractivity (Wildman–Crippen MR) is 70.6 cm³/mol. The van der Waals surface area contributed by atoms with Crippen LogP contribution in [-0.4, -0.2) is 6.04 Å². The Morgan fingerprint density at radius 1 is 1.19 bits per heavy atom. The van der Waals surface area contributed by atoms with Gasteiger partial charge in [0.2, 0.25) is 0 Å². The fourth-order valence-electron chi connectivity index (χ4n) is 2.50. The van der Waals surface area contributed by atoms with E-state index in [1.165, 1.54) is 31.2 Å². The molecule has 2 nitrogen and oxygen atoms in total. The van der Waals surface area contributed by atoms with Crippen LogP contribution in [0.3, 0.4) is 0 Å². The number of nitrogens with one attached hydrogen (secondary N) is 1. The molecule has 3 N–H and O–H groups in total. The number of rotatable bonds is 2. The van der Waals surface area contributed by atoms with Crippen LogP contribution in [0.2, 0.25) is 0 Å². The molecule has 0 aliphatic heterocycles. The molecule has 0 unspecified atom stereocenters. The summed E-state index contributed by atoms with van der Waals surface area (Å²) >= 11 is 0. The van der Waals surface area contributed by atoms with Crippen molar-refractivity contribution in [3.05, 3.63) is 23.8 Å². The van der Waals surface area contributed by atoms with Gasteiger partial charge in [0.25, 0.3) is 0 Å². The molecule has 2 heteroatoms. The van der Waals surface area contributed by atoms with Gasteiger partial charge in [-0.05, 0) is 50.2 Å². The van der Waals surface area contributed by atoms with Gasteiger partial charge in [0, 0.05) is 6.04 Å². The molecule has 0 atom stereocenters. The molecule has 1 aromatic rings. The lowest BCUT2D eigenvalue weighted by Gasteiger charge is -2.28. The predicted octanol–water partition coefficient (Wildman–Crippen LogP) is 3.57. The van der Waals surface area contributed by atoms with E-state index in [2.05, 4.69) is 25.2 Å². The molecule has 0 spiro atoms. The van der Waals surface area contributed by atoms with Gasteiger partial charge in [-0.25, -0.2) is 0 Å². The van der Waals surface area contributed by atoms with Crippen LogP contribution < -0.4 is 11.1 Å². The molecule has 2 rings (SSSR count). The Balaban J connectivity index is 2.04. The molecule has 1 aliphatic carbocycles. The zero-order valence-corrected chi connectivity index (χ0v) is 10.3.